The van der Waals surface area contributed by atoms with Crippen LogP contribution in [0.15, 0.2) is 47.4 Å². The Labute approximate surface area is 181 Å². The van der Waals surface area contributed by atoms with Crippen molar-refractivity contribution in [3.05, 3.63) is 65.0 Å². The normalized spacial score (nSPS) is 18.2. The summed E-state index contributed by atoms with van der Waals surface area (Å²) < 4.78 is 41.5. The summed E-state index contributed by atoms with van der Waals surface area (Å²) in [6, 6.07) is 12.0. The summed E-state index contributed by atoms with van der Waals surface area (Å²) in [6.07, 6.45) is 3.66. The molecule has 162 valence electrons. The fourth-order valence-corrected chi connectivity index (χ4v) is 5.89. The minimum atomic E-state index is -3.61. The van der Waals surface area contributed by atoms with Crippen molar-refractivity contribution in [2.75, 3.05) is 13.1 Å². The molecule has 0 saturated carbocycles. The molecular formula is C23H24FN3O3S. The van der Waals surface area contributed by atoms with Gasteiger partial charge in [-0.2, -0.15) is 9.57 Å². The molecule has 1 fully saturated rings. The van der Waals surface area contributed by atoms with Crippen LogP contribution in [-0.4, -0.2) is 31.7 Å². The quantitative estimate of drug-likeness (QED) is 0.772. The van der Waals surface area contributed by atoms with Gasteiger partial charge in [0.25, 0.3) is 0 Å². The van der Waals surface area contributed by atoms with E-state index in [4.69, 9.17) is 0 Å². The number of aryl methyl sites for hydroxylation is 2. The monoisotopic (exact) mass is 441 g/mol. The first-order valence-corrected chi connectivity index (χ1v) is 11.9. The largest absolute Gasteiger partial charge is 0.336 e. The van der Waals surface area contributed by atoms with E-state index in [0.717, 1.165) is 24.8 Å². The fraction of sp³-hybridized carbons (Fsp3) is 0.391. The van der Waals surface area contributed by atoms with Crippen molar-refractivity contribution in [1.82, 2.24) is 9.62 Å². The number of piperidine rings is 1. The van der Waals surface area contributed by atoms with Crippen molar-refractivity contribution in [3.8, 4) is 6.07 Å². The van der Waals surface area contributed by atoms with E-state index < -0.39 is 27.8 Å². The van der Waals surface area contributed by atoms with Gasteiger partial charge in [0.1, 0.15) is 11.9 Å². The van der Waals surface area contributed by atoms with E-state index in [1.165, 1.54) is 28.1 Å². The maximum absolute atomic E-state index is 14.0. The highest BCUT2D eigenvalue weighted by atomic mass is 32.2. The van der Waals surface area contributed by atoms with Gasteiger partial charge in [0, 0.05) is 24.6 Å². The van der Waals surface area contributed by atoms with Crippen LogP contribution in [0.4, 0.5) is 4.39 Å². The Morgan fingerprint density at radius 1 is 1.13 bits per heavy atom. The Hall–Kier alpha value is -2.76. The van der Waals surface area contributed by atoms with Crippen LogP contribution in [0.5, 0.6) is 0 Å². The third-order valence-corrected chi connectivity index (χ3v) is 8.06. The number of fused-ring (bicyclic) bond motifs is 1. The lowest BCUT2D eigenvalue weighted by Gasteiger charge is -2.31. The number of hydrogen-bond donors (Lipinski definition) is 1. The third kappa shape index (κ3) is 4.34. The van der Waals surface area contributed by atoms with E-state index in [2.05, 4.69) is 5.32 Å². The molecular weight excluding hydrogens is 417 g/mol. The Morgan fingerprint density at radius 2 is 1.84 bits per heavy atom. The van der Waals surface area contributed by atoms with Crippen molar-refractivity contribution >= 4 is 15.9 Å². The number of amides is 1. The molecule has 1 saturated heterocycles. The van der Waals surface area contributed by atoms with Crippen LogP contribution in [0, 0.1) is 23.1 Å². The predicted octanol–water partition coefficient (Wildman–Crippen LogP) is 3.10. The molecule has 0 aromatic heterocycles. The molecule has 1 amide bonds. The van der Waals surface area contributed by atoms with Gasteiger partial charge in [-0.05, 0) is 61.4 Å². The molecule has 1 aliphatic heterocycles. The van der Waals surface area contributed by atoms with Crippen molar-refractivity contribution in [2.45, 2.75) is 43.0 Å². The number of nitrogens with zero attached hydrogens (tertiary/aromatic N) is 2. The lowest BCUT2D eigenvalue weighted by molar-refractivity contribution is -0.126. The van der Waals surface area contributed by atoms with Gasteiger partial charge in [0.05, 0.1) is 11.0 Å². The molecule has 2 aliphatic rings. The summed E-state index contributed by atoms with van der Waals surface area (Å²) >= 11 is 0. The number of sulfonamides is 1. The van der Waals surface area contributed by atoms with E-state index in [9.17, 15) is 22.9 Å². The predicted molar refractivity (Wildman–Crippen MR) is 113 cm³/mol. The molecule has 4 rings (SSSR count). The standard InChI is InChI=1S/C23H24FN3O3S/c24-21-7-2-1-6-20(21)22(15-25)26-23(28)17-10-12-27(13-11-17)31(29,30)19-9-8-16-4-3-5-18(16)14-19/h1-2,6-9,14,17,22H,3-5,10-13H2,(H,26,28). The zero-order valence-corrected chi connectivity index (χ0v) is 17.9. The zero-order chi connectivity index (χ0) is 22.0. The minimum absolute atomic E-state index is 0.120. The SMILES string of the molecule is N#CC(NC(=O)C1CCN(S(=O)(=O)c2ccc3c(c2)CCC3)CC1)c1ccccc1F. The Bertz CT molecular complexity index is 1130. The summed E-state index contributed by atoms with van der Waals surface area (Å²) in [6.45, 7) is 0.461. The minimum Gasteiger partial charge on any atom is -0.336 e. The molecule has 2 aromatic rings. The molecule has 6 nitrogen and oxygen atoms in total. The number of nitrogens with one attached hydrogen (secondary N) is 1. The average molecular weight is 442 g/mol. The lowest BCUT2D eigenvalue weighted by Crippen LogP contribution is -2.43. The highest BCUT2D eigenvalue weighted by molar-refractivity contribution is 7.89. The maximum atomic E-state index is 14.0. The molecule has 0 bridgehead atoms. The summed E-state index contributed by atoms with van der Waals surface area (Å²) in [5, 5.41) is 12.0. The molecule has 2 aromatic carbocycles. The fourth-order valence-electron chi connectivity index (χ4n) is 4.36. The van der Waals surface area contributed by atoms with Gasteiger partial charge in [-0.25, -0.2) is 12.8 Å². The Morgan fingerprint density at radius 3 is 2.55 bits per heavy atom. The number of hydrogen-bond acceptors (Lipinski definition) is 4. The molecule has 8 heteroatoms. The van der Waals surface area contributed by atoms with Crippen LogP contribution >= 0.6 is 0 Å². The number of halogens is 1. The highest BCUT2D eigenvalue weighted by Crippen LogP contribution is 2.29. The molecule has 1 N–H and O–H groups in total. The number of carbonyl (C=O) groups is 1. The maximum Gasteiger partial charge on any atom is 0.243 e. The van der Waals surface area contributed by atoms with Crippen LogP contribution in [0.3, 0.4) is 0 Å². The average Bonchev–Trinajstić information content (AvgIpc) is 3.26. The van der Waals surface area contributed by atoms with E-state index in [-0.39, 0.29) is 24.6 Å². The summed E-state index contributed by atoms with van der Waals surface area (Å²) in [5.74, 6) is -1.33. The molecule has 31 heavy (non-hydrogen) atoms. The van der Waals surface area contributed by atoms with Crippen LogP contribution in [0.1, 0.15) is 42.0 Å². The molecule has 0 spiro atoms. The smallest absolute Gasteiger partial charge is 0.243 e. The van der Waals surface area contributed by atoms with Gasteiger partial charge in [-0.3, -0.25) is 4.79 Å². The number of carbonyl (C=O) groups excluding carboxylic acids is 1. The van der Waals surface area contributed by atoms with E-state index in [0.29, 0.717) is 17.7 Å². The highest BCUT2D eigenvalue weighted by Gasteiger charge is 2.33. The van der Waals surface area contributed by atoms with Gasteiger partial charge in [-0.1, -0.05) is 24.3 Å². The lowest BCUT2D eigenvalue weighted by atomic mass is 9.96. The van der Waals surface area contributed by atoms with E-state index in [1.54, 1.807) is 18.2 Å². The van der Waals surface area contributed by atoms with E-state index in [1.807, 2.05) is 12.1 Å². The Balaban J connectivity index is 1.39. The van der Waals surface area contributed by atoms with E-state index >= 15 is 0 Å². The second kappa shape index (κ2) is 8.77. The third-order valence-electron chi connectivity index (χ3n) is 6.16. The first kappa shape index (κ1) is 21.5. The van der Waals surface area contributed by atoms with Gasteiger partial charge in [0.15, 0.2) is 0 Å². The second-order valence-electron chi connectivity index (χ2n) is 8.05. The molecule has 1 aliphatic carbocycles. The van der Waals surface area contributed by atoms with Crippen molar-refractivity contribution in [2.24, 2.45) is 5.92 Å². The van der Waals surface area contributed by atoms with Gasteiger partial charge < -0.3 is 5.32 Å². The first-order valence-electron chi connectivity index (χ1n) is 10.5. The summed E-state index contributed by atoms with van der Waals surface area (Å²) in [4.78, 5) is 13.0. The number of benzene rings is 2. The van der Waals surface area contributed by atoms with Crippen LogP contribution in [0.25, 0.3) is 0 Å². The zero-order valence-electron chi connectivity index (χ0n) is 17.1. The number of nitriles is 1. The molecule has 1 unspecified atom stereocenters. The summed E-state index contributed by atoms with van der Waals surface area (Å²) in [5.41, 5.74) is 2.44. The Kier molecular flexibility index (Phi) is 6.08. The molecule has 0 radical (unpaired) electrons. The van der Waals surface area contributed by atoms with Gasteiger partial charge in [0.2, 0.25) is 15.9 Å². The summed E-state index contributed by atoms with van der Waals surface area (Å²) in [7, 11) is -3.61. The second-order valence-corrected chi connectivity index (χ2v) is 9.99. The number of rotatable bonds is 5. The molecule has 1 heterocycles. The van der Waals surface area contributed by atoms with Gasteiger partial charge in [-0.15, -0.1) is 0 Å². The van der Waals surface area contributed by atoms with Crippen molar-refractivity contribution in [1.29, 1.82) is 5.26 Å². The van der Waals surface area contributed by atoms with Crippen LogP contribution in [-0.2, 0) is 27.7 Å². The molecule has 1 atom stereocenters. The topological polar surface area (TPSA) is 90.3 Å². The van der Waals surface area contributed by atoms with Crippen LogP contribution in [0.2, 0.25) is 0 Å². The van der Waals surface area contributed by atoms with Gasteiger partial charge >= 0.3 is 0 Å². The first-order chi connectivity index (χ1) is 14.9. The van der Waals surface area contributed by atoms with Crippen LogP contribution < -0.4 is 5.32 Å². The van der Waals surface area contributed by atoms with Crippen molar-refractivity contribution < 1.29 is 17.6 Å². The van der Waals surface area contributed by atoms with Crippen molar-refractivity contribution in [3.63, 3.8) is 0 Å².